The first-order chi connectivity index (χ1) is 13.5. The third-order valence-corrected chi connectivity index (χ3v) is 5.38. The van der Waals surface area contributed by atoms with Crippen molar-refractivity contribution in [1.82, 2.24) is 4.90 Å². The molecule has 1 aliphatic heterocycles. The molecule has 0 aromatic heterocycles. The molecule has 5 nitrogen and oxygen atoms in total. The number of hydrogen-bond acceptors (Lipinski definition) is 4. The van der Waals surface area contributed by atoms with Crippen molar-refractivity contribution in [2.75, 3.05) is 0 Å². The van der Waals surface area contributed by atoms with Crippen LogP contribution in [0.2, 0.25) is 0 Å². The average Bonchev–Trinajstić information content (AvgIpc) is 3.47. The molecule has 28 heavy (non-hydrogen) atoms. The van der Waals surface area contributed by atoms with Gasteiger partial charge in [0, 0.05) is 24.6 Å². The molecule has 5 heteroatoms. The number of rotatable bonds is 6. The van der Waals surface area contributed by atoms with E-state index in [1.54, 1.807) is 19.1 Å². The van der Waals surface area contributed by atoms with Crippen LogP contribution in [-0.2, 0) is 16.2 Å². The molecule has 1 saturated carbocycles. The van der Waals surface area contributed by atoms with Gasteiger partial charge in [0.1, 0.15) is 0 Å². The van der Waals surface area contributed by atoms with Crippen LogP contribution in [0.1, 0.15) is 54.6 Å². The lowest BCUT2D eigenvalue weighted by molar-refractivity contribution is -0.154. The molecular formula is C23H24N2O3. The number of carbonyl (C=O) groups is 2. The van der Waals surface area contributed by atoms with Crippen molar-refractivity contribution in [1.29, 1.82) is 0 Å². The molecule has 1 heterocycles. The molecule has 0 N–H and O–H groups in total. The van der Waals surface area contributed by atoms with Crippen molar-refractivity contribution < 1.29 is 14.4 Å². The molecule has 2 aromatic carbocycles. The maximum atomic E-state index is 13.4. The first kappa shape index (κ1) is 18.4. The molecule has 2 aromatic rings. The molecular weight excluding hydrogens is 352 g/mol. The van der Waals surface area contributed by atoms with E-state index in [9.17, 15) is 9.59 Å². The molecule has 2 aliphatic rings. The number of ketones is 1. The van der Waals surface area contributed by atoms with Gasteiger partial charge in [-0.15, -0.1) is 0 Å². The first-order valence-corrected chi connectivity index (χ1v) is 9.68. The summed E-state index contributed by atoms with van der Waals surface area (Å²) in [5.41, 5.74) is 2.39. The Hall–Kier alpha value is -2.95. The lowest BCUT2D eigenvalue weighted by Gasteiger charge is -2.30. The number of carbonyl (C=O) groups excluding carboxylic acids is 2. The molecule has 1 unspecified atom stereocenters. The third kappa shape index (κ3) is 3.70. The smallest absolute Gasteiger partial charge is 0.270 e. The summed E-state index contributed by atoms with van der Waals surface area (Å²) < 4.78 is 0. The fourth-order valence-electron chi connectivity index (χ4n) is 3.54. The van der Waals surface area contributed by atoms with Gasteiger partial charge in [-0.25, -0.2) is 0 Å². The van der Waals surface area contributed by atoms with E-state index in [1.165, 1.54) is 0 Å². The summed E-state index contributed by atoms with van der Waals surface area (Å²) in [6, 6.07) is 17.6. The minimum Gasteiger partial charge on any atom is -0.379 e. The van der Waals surface area contributed by atoms with Crippen LogP contribution in [0, 0.1) is 0 Å². The molecule has 0 saturated heterocycles. The summed E-state index contributed by atoms with van der Waals surface area (Å²) in [7, 11) is 0. The monoisotopic (exact) mass is 376 g/mol. The topological polar surface area (TPSA) is 59.0 Å². The number of amides is 1. The second-order valence-corrected chi connectivity index (χ2v) is 7.82. The van der Waals surface area contributed by atoms with Crippen molar-refractivity contribution in [2.24, 2.45) is 5.16 Å². The molecule has 0 radical (unpaired) electrons. The van der Waals surface area contributed by atoms with Crippen LogP contribution in [0.3, 0.4) is 0 Å². The Morgan fingerprint density at radius 1 is 1.11 bits per heavy atom. The van der Waals surface area contributed by atoms with Gasteiger partial charge in [0.25, 0.3) is 5.91 Å². The first-order valence-electron chi connectivity index (χ1n) is 9.68. The van der Waals surface area contributed by atoms with E-state index >= 15 is 0 Å². The van der Waals surface area contributed by atoms with Crippen molar-refractivity contribution >= 4 is 17.4 Å². The molecule has 1 fully saturated rings. The number of oxime groups is 1. The zero-order valence-electron chi connectivity index (χ0n) is 16.2. The Bertz CT molecular complexity index is 917. The Labute approximate surface area is 165 Å². The molecule has 1 amide bonds. The van der Waals surface area contributed by atoms with E-state index in [2.05, 4.69) is 5.16 Å². The number of hydrogen-bond donors (Lipinski definition) is 0. The number of benzene rings is 2. The predicted octanol–water partition coefficient (Wildman–Crippen LogP) is 3.96. The Kier molecular flexibility index (Phi) is 4.75. The van der Waals surface area contributed by atoms with Crippen molar-refractivity contribution in [3.05, 3.63) is 71.3 Å². The number of Topliss-reactive ketones (excluding diaryl/α,β-unsaturated/α-hetero) is 1. The fourth-order valence-corrected chi connectivity index (χ4v) is 3.54. The molecule has 1 aliphatic carbocycles. The van der Waals surface area contributed by atoms with Crippen LogP contribution in [0.5, 0.6) is 0 Å². The zero-order valence-corrected chi connectivity index (χ0v) is 16.2. The molecule has 0 bridgehead atoms. The second kappa shape index (κ2) is 7.23. The third-order valence-electron chi connectivity index (χ3n) is 5.38. The molecule has 144 valence electrons. The summed E-state index contributed by atoms with van der Waals surface area (Å²) in [6.07, 6.45) is 2.49. The van der Waals surface area contributed by atoms with E-state index in [0.29, 0.717) is 18.5 Å². The summed E-state index contributed by atoms with van der Waals surface area (Å²) in [4.78, 5) is 32.4. The average molecular weight is 376 g/mol. The Morgan fingerprint density at radius 3 is 2.39 bits per heavy atom. The lowest BCUT2D eigenvalue weighted by Crippen LogP contribution is -2.48. The largest absolute Gasteiger partial charge is 0.379 e. The minimum absolute atomic E-state index is 0.0158. The minimum atomic E-state index is -0.994. The van der Waals surface area contributed by atoms with Crippen molar-refractivity contribution in [2.45, 2.75) is 51.3 Å². The van der Waals surface area contributed by atoms with Gasteiger partial charge in [0.2, 0.25) is 5.60 Å². The Morgan fingerprint density at radius 2 is 1.79 bits per heavy atom. The molecule has 0 spiro atoms. The maximum Gasteiger partial charge on any atom is 0.270 e. The maximum absolute atomic E-state index is 13.4. The van der Waals surface area contributed by atoms with Gasteiger partial charge in [-0.1, -0.05) is 59.8 Å². The van der Waals surface area contributed by atoms with E-state index in [-0.39, 0.29) is 17.7 Å². The highest BCUT2D eigenvalue weighted by molar-refractivity contribution is 6.06. The van der Waals surface area contributed by atoms with Gasteiger partial charge in [-0.3, -0.25) is 9.59 Å². The van der Waals surface area contributed by atoms with Crippen LogP contribution in [0.25, 0.3) is 0 Å². The van der Waals surface area contributed by atoms with E-state index in [1.807, 2.05) is 54.3 Å². The van der Waals surface area contributed by atoms with Crippen LogP contribution in [0.4, 0.5) is 0 Å². The normalized spacial score (nSPS) is 21.0. The molecule has 1 atom stereocenters. The molecule has 4 rings (SSSR count). The lowest BCUT2D eigenvalue weighted by atomic mass is 9.93. The number of nitrogens with zero attached hydrogens (tertiary/aromatic N) is 2. The summed E-state index contributed by atoms with van der Waals surface area (Å²) in [6.45, 7) is 3.95. The highest BCUT2D eigenvalue weighted by atomic mass is 16.7. The Balaban J connectivity index is 1.49. The summed E-state index contributed by atoms with van der Waals surface area (Å²) >= 11 is 0. The summed E-state index contributed by atoms with van der Waals surface area (Å²) in [5.74, 6) is 0.00937. The van der Waals surface area contributed by atoms with Gasteiger partial charge in [0.05, 0.1) is 5.71 Å². The van der Waals surface area contributed by atoms with Gasteiger partial charge < -0.3 is 9.74 Å². The highest BCUT2D eigenvalue weighted by Crippen LogP contribution is 2.35. The quantitative estimate of drug-likeness (QED) is 0.717. The van der Waals surface area contributed by atoms with Crippen LogP contribution in [0.15, 0.2) is 59.8 Å². The second-order valence-electron chi connectivity index (χ2n) is 7.82. The highest BCUT2D eigenvalue weighted by Gasteiger charge is 2.47. The van der Waals surface area contributed by atoms with Crippen LogP contribution in [-0.4, -0.2) is 33.9 Å². The van der Waals surface area contributed by atoms with E-state index in [0.717, 1.165) is 29.7 Å². The van der Waals surface area contributed by atoms with Gasteiger partial charge in [0.15, 0.2) is 5.78 Å². The summed E-state index contributed by atoms with van der Waals surface area (Å²) in [5, 5.41) is 4.21. The van der Waals surface area contributed by atoms with Gasteiger partial charge >= 0.3 is 0 Å². The fraction of sp³-hybridized carbons (Fsp3) is 0.348. The zero-order chi connectivity index (χ0) is 19.7. The van der Waals surface area contributed by atoms with Crippen LogP contribution < -0.4 is 0 Å². The SMILES string of the molecule is CC(=O)c1ccc(C2=NOC(C)(C(=O)N(Cc3ccccc3)C3CC3)C2)cc1. The van der Waals surface area contributed by atoms with Gasteiger partial charge in [-0.05, 0) is 37.8 Å². The van der Waals surface area contributed by atoms with E-state index in [4.69, 9.17) is 4.84 Å². The van der Waals surface area contributed by atoms with Gasteiger partial charge in [-0.2, -0.15) is 0 Å². The van der Waals surface area contributed by atoms with Crippen molar-refractivity contribution in [3.63, 3.8) is 0 Å². The van der Waals surface area contributed by atoms with E-state index < -0.39 is 5.60 Å². The van der Waals surface area contributed by atoms with Crippen LogP contribution >= 0.6 is 0 Å². The standard InChI is InChI=1S/C23H24N2O3/c1-16(26)18-8-10-19(11-9-18)21-14-23(2,28-24-21)22(27)25(20-12-13-20)15-17-6-4-3-5-7-17/h3-11,20H,12-15H2,1-2H3. The van der Waals surface area contributed by atoms with Crippen molar-refractivity contribution in [3.8, 4) is 0 Å². The predicted molar refractivity (Wildman–Crippen MR) is 107 cm³/mol.